The first kappa shape index (κ1) is 12.9. The molecule has 1 unspecified atom stereocenters. The van der Waals surface area contributed by atoms with Crippen molar-refractivity contribution in [3.8, 4) is 0 Å². The van der Waals surface area contributed by atoms with Crippen molar-refractivity contribution in [2.75, 3.05) is 6.61 Å². The number of aryl methyl sites for hydroxylation is 1. The largest absolute Gasteiger partial charge is 0.375 e. The van der Waals surface area contributed by atoms with Crippen LogP contribution in [0.15, 0.2) is 12.4 Å². The van der Waals surface area contributed by atoms with Crippen molar-refractivity contribution in [1.29, 1.82) is 0 Å². The Balaban J connectivity index is 1.74. The van der Waals surface area contributed by atoms with Crippen LogP contribution in [0.3, 0.4) is 0 Å². The molecule has 1 atom stereocenters. The number of rotatable bonds is 2. The lowest BCUT2D eigenvalue weighted by Gasteiger charge is -2.43. The van der Waals surface area contributed by atoms with Gasteiger partial charge in [0.05, 0.1) is 5.60 Å². The Morgan fingerprint density at radius 2 is 2.21 bits per heavy atom. The van der Waals surface area contributed by atoms with Gasteiger partial charge in [-0.2, -0.15) is 0 Å². The maximum absolute atomic E-state index is 12.6. The first-order valence-corrected chi connectivity index (χ1v) is 7.36. The van der Waals surface area contributed by atoms with Crippen molar-refractivity contribution in [2.45, 2.75) is 50.5 Å². The molecule has 3 rings (SSSR count). The molecule has 1 aromatic heterocycles. The summed E-state index contributed by atoms with van der Waals surface area (Å²) in [6.07, 6.45) is 11.3. The fourth-order valence-corrected chi connectivity index (χ4v) is 3.58. The number of ether oxygens (including phenoxy) is 1. The van der Waals surface area contributed by atoms with Crippen LogP contribution >= 0.6 is 0 Å². The lowest BCUT2D eigenvalue weighted by Crippen LogP contribution is -2.43. The fourth-order valence-electron chi connectivity index (χ4n) is 3.58. The molecule has 1 aliphatic carbocycles. The first-order chi connectivity index (χ1) is 9.20. The van der Waals surface area contributed by atoms with Crippen LogP contribution in [0.25, 0.3) is 0 Å². The van der Waals surface area contributed by atoms with Crippen molar-refractivity contribution in [2.24, 2.45) is 13.0 Å². The minimum atomic E-state index is -0.0119. The molecule has 2 aliphatic rings. The number of carbonyl (C=O) groups excluding carboxylic acids is 1. The number of hydrogen-bond acceptors (Lipinski definition) is 3. The summed E-state index contributed by atoms with van der Waals surface area (Å²) in [5, 5.41) is 0. The second kappa shape index (κ2) is 5.08. The van der Waals surface area contributed by atoms with Gasteiger partial charge >= 0.3 is 0 Å². The van der Waals surface area contributed by atoms with Crippen LogP contribution < -0.4 is 0 Å². The van der Waals surface area contributed by atoms with Crippen LogP contribution in [0.1, 0.15) is 55.6 Å². The zero-order valence-corrected chi connectivity index (χ0v) is 11.6. The molecule has 1 aliphatic heterocycles. The molecule has 1 saturated carbocycles. The highest BCUT2D eigenvalue weighted by molar-refractivity contribution is 5.94. The SMILES string of the molecule is Cn1ccnc1C(=O)C1CCOC2(CCCCC2)C1. The molecule has 1 spiro atoms. The first-order valence-electron chi connectivity index (χ1n) is 7.36. The number of aromatic nitrogens is 2. The Kier molecular flexibility index (Phi) is 3.44. The monoisotopic (exact) mass is 262 g/mol. The molecule has 1 saturated heterocycles. The normalized spacial score (nSPS) is 26.5. The van der Waals surface area contributed by atoms with Gasteiger partial charge in [0.1, 0.15) is 0 Å². The molecule has 0 amide bonds. The third-order valence-corrected chi connectivity index (χ3v) is 4.67. The van der Waals surface area contributed by atoms with E-state index < -0.39 is 0 Å². The van der Waals surface area contributed by atoms with Crippen molar-refractivity contribution < 1.29 is 9.53 Å². The maximum atomic E-state index is 12.6. The number of imidazole rings is 1. The van der Waals surface area contributed by atoms with E-state index in [0.717, 1.165) is 32.3 Å². The molecule has 0 bridgehead atoms. The second-order valence-electron chi connectivity index (χ2n) is 6.01. The summed E-state index contributed by atoms with van der Waals surface area (Å²) in [4.78, 5) is 16.8. The van der Waals surface area contributed by atoms with Crippen molar-refractivity contribution >= 4 is 5.78 Å². The van der Waals surface area contributed by atoms with Gasteiger partial charge < -0.3 is 9.30 Å². The predicted molar refractivity (Wildman–Crippen MR) is 72.0 cm³/mol. The average Bonchev–Trinajstić information content (AvgIpc) is 2.85. The molecule has 2 fully saturated rings. The average molecular weight is 262 g/mol. The molecule has 0 radical (unpaired) electrons. The van der Waals surface area contributed by atoms with Gasteiger partial charge in [-0.25, -0.2) is 4.98 Å². The Morgan fingerprint density at radius 3 is 2.89 bits per heavy atom. The van der Waals surface area contributed by atoms with E-state index in [9.17, 15) is 4.79 Å². The van der Waals surface area contributed by atoms with Crippen LogP contribution in [-0.4, -0.2) is 27.5 Å². The Hall–Kier alpha value is -1.16. The van der Waals surface area contributed by atoms with Crippen LogP contribution in [0.2, 0.25) is 0 Å². The third kappa shape index (κ3) is 2.46. The van der Waals surface area contributed by atoms with Gasteiger partial charge in [0.25, 0.3) is 0 Å². The highest BCUT2D eigenvalue weighted by Crippen LogP contribution is 2.41. The van der Waals surface area contributed by atoms with Gasteiger partial charge in [-0.15, -0.1) is 0 Å². The molecule has 1 aromatic rings. The molecule has 19 heavy (non-hydrogen) atoms. The van der Waals surface area contributed by atoms with Crippen molar-refractivity contribution in [3.63, 3.8) is 0 Å². The molecular formula is C15H22N2O2. The zero-order valence-electron chi connectivity index (χ0n) is 11.6. The van der Waals surface area contributed by atoms with Gasteiger partial charge in [0.2, 0.25) is 5.78 Å². The van der Waals surface area contributed by atoms with E-state index in [0.29, 0.717) is 5.82 Å². The molecular weight excluding hydrogens is 240 g/mol. The Morgan fingerprint density at radius 1 is 1.42 bits per heavy atom. The van der Waals surface area contributed by atoms with Crippen LogP contribution in [0.4, 0.5) is 0 Å². The summed E-state index contributed by atoms with van der Waals surface area (Å²) in [5.41, 5.74) is -0.0119. The summed E-state index contributed by atoms with van der Waals surface area (Å²) < 4.78 is 7.88. The topological polar surface area (TPSA) is 44.1 Å². The van der Waals surface area contributed by atoms with E-state index >= 15 is 0 Å². The predicted octanol–water partition coefficient (Wildman–Crippen LogP) is 2.73. The van der Waals surface area contributed by atoms with Crippen LogP contribution in [0.5, 0.6) is 0 Å². The number of Topliss-reactive ketones (excluding diaryl/α,β-unsaturated/α-hetero) is 1. The Labute approximate surface area is 114 Å². The van der Waals surface area contributed by atoms with Crippen molar-refractivity contribution in [1.82, 2.24) is 9.55 Å². The van der Waals surface area contributed by atoms with E-state index in [1.807, 2.05) is 17.8 Å². The molecule has 0 aromatic carbocycles. The van der Waals surface area contributed by atoms with E-state index in [1.54, 1.807) is 6.20 Å². The summed E-state index contributed by atoms with van der Waals surface area (Å²) in [6, 6.07) is 0. The highest BCUT2D eigenvalue weighted by atomic mass is 16.5. The van der Waals surface area contributed by atoms with Gasteiger partial charge in [0.15, 0.2) is 5.82 Å². The van der Waals surface area contributed by atoms with E-state index in [-0.39, 0.29) is 17.3 Å². The minimum absolute atomic E-state index is 0.0119. The van der Waals surface area contributed by atoms with Gasteiger partial charge in [0, 0.05) is 32.0 Å². The Bertz CT molecular complexity index is 455. The lowest BCUT2D eigenvalue weighted by atomic mass is 9.75. The number of hydrogen-bond donors (Lipinski definition) is 0. The van der Waals surface area contributed by atoms with E-state index in [4.69, 9.17) is 4.74 Å². The molecule has 104 valence electrons. The van der Waals surface area contributed by atoms with Crippen LogP contribution in [0, 0.1) is 5.92 Å². The molecule has 4 heteroatoms. The van der Waals surface area contributed by atoms with E-state index in [2.05, 4.69) is 4.98 Å². The number of nitrogens with zero attached hydrogens (tertiary/aromatic N) is 2. The maximum Gasteiger partial charge on any atom is 0.201 e. The zero-order chi connectivity index (χ0) is 13.3. The second-order valence-corrected chi connectivity index (χ2v) is 6.01. The van der Waals surface area contributed by atoms with Gasteiger partial charge in [-0.3, -0.25) is 4.79 Å². The van der Waals surface area contributed by atoms with Crippen molar-refractivity contribution in [3.05, 3.63) is 18.2 Å². The highest BCUT2D eigenvalue weighted by Gasteiger charge is 2.41. The minimum Gasteiger partial charge on any atom is -0.375 e. The lowest BCUT2D eigenvalue weighted by molar-refractivity contribution is -0.111. The fraction of sp³-hybridized carbons (Fsp3) is 0.733. The van der Waals surface area contributed by atoms with E-state index in [1.165, 1.54) is 19.3 Å². The number of carbonyl (C=O) groups is 1. The summed E-state index contributed by atoms with van der Waals surface area (Å²) in [7, 11) is 1.88. The smallest absolute Gasteiger partial charge is 0.201 e. The van der Waals surface area contributed by atoms with Crippen LogP contribution in [-0.2, 0) is 11.8 Å². The third-order valence-electron chi connectivity index (χ3n) is 4.67. The number of ketones is 1. The quantitative estimate of drug-likeness (QED) is 0.770. The van der Waals surface area contributed by atoms with Gasteiger partial charge in [-0.05, 0) is 25.7 Å². The molecule has 0 N–H and O–H groups in total. The summed E-state index contributed by atoms with van der Waals surface area (Å²) >= 11 is 0. The standard InChI is InChI=1S/C15H22N2O2/c1-17-9-8-16-14(17)13(18)12-5-10-19-15(11-12)6-3-2-4-7-15/h8-9,12H,2-7,10-11H2,1H3. The molecule has 4 nitrogen and oxygen atoms in total. The van der Waals surface area contributed by atoms with Gasteiger partial charge in [-0.1, -0.05) is 19.3 Å². The summed E-state index contributed by atoms with van der Waals surface area (Å²) in [5.74, 6) is 0.881. The molecule has 2 heterocycles. The summed E-state index contributed by atoms with van der Waals surface area (Å²) in [6.45, 7) is 0.723.